The highest BCUT2D eigenvalue weighted by atomic mass is 32.2. The molecule has 1 heterocycles. The van der Waals surface area contributed by atoms with Gasteiger partial charge in [0.1, 0.15) is 5.70 Å². The molecule has 43 heavy (non-hydrogen) atoms. The number of amides is 4. The molecule has 1 aliphatic rings. The lowest BCUT2D eigenvalue weighted by atomic mass is 10.0. The largest absolute Gasteiger partial charge is 0.321 e. The minimum Gasteiger partial charge on any atom is -0.321 e. The zero-order valence-electron chi connectivity index (χ0n) is 22.8. The van der Waals surface area contributed by atoms with Gasteiger partial charge < -0.3 is 10.6 Å². The predicted octanol–water partition coefficient (Wildman–Crippen LogP) is 6.60. The number of fused-ring (bicyclic) bond motifs is 2. The number of thioether (sulfide) groups is 1. The van der Waals surface area contributed by atoms with Gasteiger partial charge in [0.05, 0.1) is 17.0 Å². The third-order valence-corrected chi connectivity index (χ3v) is 7.96. The Morgan fingerprint density at radius 2 is 1.37 bits per heavy atom. The molecule has 5 aromatic rings. The van der Waals surface area contributed by atoms with Crippen molar-refractivity contribution in [1.29, 1.82) is 0 Å². The zero-order valence-corrected chi connectivity index (χ0v) is 23.6. The van der Waals surface area contributed by atoms with Crippen LogP contribution in [-0.4, -0.2) is 34.4 Å². The van der Waals surface area contributed by atoms with Gasteiger partial charge in [-0.2, -0.15) is 0 Å². The molecule has 4 amide bonds. The Morgan fingerprint density at radius 3 is 2.14 bits per heavy atom. The van der Waals surface area contributed by atoms with E-state index in [9.17, 15) is 19.2 Å². The lowest BCUT2D eigenvalue weighted by Crippen LogP contribution is -2.30. The van der Waals surface area contributed by atoms with E-state index in [0.717, 1.165) is 21.2 Å². The number of nitrogens with zero attached hydrogens (tertiary/aromatic N) is 1. The fraction of sp³-hybridized carbons (Fsp3) is 0.0286. The van der Waals surface area contributed by atoms with E-state index in [1.54, 1.807) is 72.8 Å². The molecule has 5 aromatic carbocycles. The molecule has 0 atom stereocenters. The molecule has 0 aromatic heterocycles. The highest BCUT2D eigenvalue weighted by Crippen LogP contribution is 2.28. The van der Waals surface area contributed by atoms with E-state index in [1.165, 1.54) is 16.7 Å². The summed E-state index contributed by atoms with van der Waals surface area (Å²) in [6.45, 7) is 0. The normalized spacial score (nSPS) is 12.7. The van der Waals surface area contributed by atoms with E-state index in [0.29, 0.717) is 22.4 Å². The van der Waals surface area contributed by atoms with Crippen LogP contribution >= 0.6 is 11.8 Å². The van der Waals surface area contributed by atoms with Crippen LogP contribution in [0.5, 0.6) is 0 Å². The minimum atomic E-state index is -0.500. The Hall–Kier alpha value is -5.47. The second-order valence-corrected chi connectivity index (χ2v) is 10.8. The number of hydrogen-bond acceptors (Lipinski definition) is 5. The van der Waals surface area contributed by atoms with Gasteiger partial charge in [0, 0.05) is 16.1 Å². The van der Waals surface area contributed by atoms with Crippen LogP contribution in [-0.2, 0) is 4.79 Å². The second-order valence-electron chi connectivity index (χ2n) is 9.79. The second kappa shape index (κ2) is 12.2. The number of benzene rings is 5. The van der Waals surface area contributed by atoms with Crippen molar-refractivity contribution in [2.75, 3.05) is 11.2 Å². The molecule has 210 valence electrons. The van der Waals surface area contributed by atoms with Crippen molar-refractivity contribution < 1.29 is 19.2 Å². The standard InChI is InChI=1S/C35H25N3O4S/c39-32(24-11-2-1-3-12-24)37-31(20-25-14-8-13-23-10-4-5-17-28(23)25)33(40)36-26-15-9-16-27(21-26)43-22-38-34(41)29-18-6-7-19-30(29)35(38)42/h1-21H,22H2,(H,36,40)(H,37,39)/b31-20-. The van der Waals surface area contributed by atoms with Crippen molar-refractivity contribution in [3.05, 3.63) is 149 Å². The van der Waals surface area contributed by atoms with E-state index in [-0.39, 0.29) is 23.4 Å². The lowest BCUT2D eigenvalue weighted by Gasteiger charge is -2.14. The lowest BCUT2D eigenvalue weighted by molar-refractivity contribution is -0.113. The number of nitrogens with one attached hydrogen (secondary N) is 2. The number of hydrogen-bond donors (Lipinski definition) is 2. The number of anilines is 1. The van der Waals surface area contributed by atoms with Crippen LogP contribution in [0, 0.1) is 0 Å². The van der Waals surface area contributed by atoms with Gasteiger partial charge in [-0.15, -0.1) is 11.8 Å². The van der Waals surface area contributed by atoms with Gasteiger partial charge >= 0.3 is 0 Å². The molecule has 0 spiro atoms. The first-order chi connectivity index (χ1) is 21.0. The molecule has 0 aliphatic carbocycles. The average molecular weight is 584 g/mol. The highest BCUT2D eigenvalue weighted by Gasteiger charge is 2.34. The van der Waals surface area contributed by atoms with Crippen molar-refractivity contribution in [3.63, 3.8) is 0 Å². The van der Waals surface area contributed by atoms with Gasteiger partial charge in [0.15, 0.2) is 0 Å². The molecule has 0 fully saturated rings. The molecule has 7 nitrogen and oxygen atoms in total. The number of carbonyl (C=O) groups is 4. The van der Waals surface area contributed by atoms with Gasteiger partial charge in [-0.05, 0) is 64.9 Å². The van der Waals surface area contributed by atoms with E-state index in [4.69, 9.17) is 0 Å². The van der Waals surface area contributed by atoms with Gasteiger partial charge in [0.25, 0.3) is 23.6 Å². The Bertz CT molecular complexity index is 1880. The summed E-state index contributed by atoms with van der Waals surface area (Å²) in [7, 11) is 0. The highest BCUT2D eigenvalue weighted by molar-refractivity contribution is 7.99. The molecule has 1 aliphatic heterocycles. The molecule has 0 radical (unpaired) electrons. The first kappa shape index (κ1) is 27.7. The predicted molar refractivity (Wildman–Crippen MR) is 169 cm³/mol. The van der Waals surface area contributed by atoms with Crippen molar-refractivity contribution in [3.8, 4) is 0 Å². The van der Waals surface area contributed by atoms with Crippen LogP contribution in [0.25, 0.3) is 16.8 Å². The smallest absolute Gasteiger partial charge is 0.272 e. The summed E-state index contributed by atoms with van der Waals surface area (Å²) < 4.78 is 0. The number of imide groups is 1. The number of rotatable bonds is 8. The fourth-order valence-electron chi connectivity index (χ4n) is 4.83. The van der Waals surface area contributed by atoms with Crippen molar-refractivity contribution in [1.82, 2.24) is 10.2 Å². The van der Waals surface area contributed by atoms with Gasteiger partial charge in [-0.25, -0.2) is 0 Å². The summed E-state index contributed by atoms with van der Waals surface area (Å²) in [5.41, 5.74) is 2.58. The third kappa shape index (κ3) is 5.95. The van der Waals surface area contributed by atoms with Crippen LogP contribution in [0.1, 0.15) is 36.6 Å². The molecule has 2 N–H and O–H groups in total. The molecule has 0 saturated heterocycles. The Labute approximate surface area is 252 Å². The van der Waals surface area contributed by atoms with Crippen LogP contribution in [0.15, 0.2) is 132 Å². The summed E-state index contributed by atoms with van der Waals surface area (Å²) in [5.74, 6) is -1.43. The first-order valence-electron chi connectivity index (χ1n) is 13.5. The quantitative estimate of drug-likeness (QED) is 0.122. The van der Waals surface area contributed by atoms with E-state index < -0.39 is 11.8 Å². The maximum absolute atomic E-state index is 13.6. The molecule has 0 bridgehead atoms. The van der Waals surface area contributed by atoms with Crippen LogP contribution < -0.4 is 10.6 Å². The molecular weight excluding hydrogens is 558 g/mol. The Morgan fingerprint density at radius 1 is 0.721 bits per heavy atom. The van der Waals surface area contributed by atoms with Crippen molar-refractivity contribution in [2.45, 2.75) is 4.90 Å². The summed E-state index contributed by atoms with van der Waals surface area (Å²) in [6, 6.07) is 36.2. The Balaban J connectivity index is 1.22. The van der Waals surface area contributed by atoms with Gasteiger partial charge in [-0.3, -0.25) is 24.1 Å². The molecule has 6 rings (SSSR count). The topological polar surface area (TPSA) is 95.6 Å². The van der Waals surface area contributed by atoms with Gasteiger partial charge in [-0.1, -0.05) is 78.9 Å². The maximum Gasteiger partial charge on any atom is 0.272 e. The minimum absolute atomic E-state index is 0.0780. The molecule has 8 heteroatoms. The zero-order chi connectivity index (χ0) is 29.8. The third-order valence-electron chi connectivity index (χ3n) is 6.98. The van der Waals surface area contributed by atoms with Crippen LogP contribution in [0.3, 0.4) is 0 Å². The fourth-order valence-corrected chi connectivity index (χ4v) is 5.73. The summed E-state index contributed by atoms with van der Waals surface area (Å²) >= 11 is 1.31. The van der Waals surface area contributed by atoms with Crippen molar-refractivity contribution in [2.24, 2.45) is 0 Å². The van der Waals surface area contributed by atoms with Gasteiger partial charge in [0.2, 0.25) is 0 Å². The molecule has 0 unspecified atom stereocenters. The monoisotopic (exact) mass is 583 g/mol. The van der Waals surface area contributed by atoms with Crippen molar-refractivity contribution >= 4 is 57.9 Å². The summed E-state index contributed by atoms with van der Waals surface area (Å²) in [4.78, 5) is 54.1. The van der Waals surface area contributed by atoms with E-state index in [1.807, 2.05) is 54.6 Å². The average Bonchev–Trinajstić information content (AvgIpc) is 3.29. The Kier molecular flexibility index (Phi) is 7.84. The van der Waals surface area contributed by atoms with E-state index in [2.05, 4.69) is 10.6 Å². The number of carbonyl (C=O) groups excluding carboxylic acids is 4. The van der Waals surface area contributed by atoms with E-state index >= 15 is 0 Å². The summed E-state index contributed by atoms with van der Waals surface area (Å²) in [5, 5.41) is 7.62. The summed E-state index contributed by atoms with van der Waals surface area (Å²) in [6.07, 6.45) is 1.67. The molecule has 0 saturated carbocycles. The SMILES string of the molecule is O=C(Nc1cccc(SCN2C(=O)c3ccccc3C2=O)c1)/C(=C/c1cccc2ccccc12)NC(=O)c1ccccc1. The maximum atomic E-state index is 13.6. The molecular formula is C35H25N3O4S. The van der Waals surface area contributed by atoms with Crippen LogP contribution in [0.4, 0.5) is 5.69 Å². The van der Waals surface area contributed by atoms with Crippen LogP contribution in [0.2, 0.25) is 0 Å². The first-order valence-corrected chi connectivity index (χ1v) is 14.5.